The molecule has 0 unspecified atom stereocenters. The second-order valence-electron chi connectivity index (χ2n) is 6.21. The van der Waals surface area contributed by atoms with Gasteiger partial charge in [-0.25, -0.2) is 0 Å². The van der Waals surface area contributed by atoms with E-state index in [4.69, 9.17) is 21.1 Å². The van der Waals surface area contributed by atoms with E-state index < -0.39 is 0 Å². The molecule has 0 atom stereocenters. The number of guanidine groups is 1. The fourth-order valence-electron chi connectivity index (χ4n) is 2.97. The quantitative estimate of drug-likeness (QED) is 0.239. The second kappa shape index (κ2) is 14.3. The van der Waals surface area contributed by atoms with Gasteiger partial charge in [-0.3, -0.25) is 4.99 Å². The molecule has 1 aliphatic heterocycles. The lowest BCUT2D eigenvalue weighted by molar-refractivity contribution is 0.0689. The van der Waals surface area contributed by atoms with Crippen LogP contribution in [0.25, 0.3) is 0 Å². The zero-order valence-corrected chi connectivity index (χ0v) is 19.4. The molecule has 0 radical (unpaired) electrons. The Bertz CT molecular complexity index is 554. The Kier molecular flexibility index (Phi) is 12.8. The van der Waals surface area contributed by atoms with Crippen LogP contribution in [0.4, 0.5) is 5.69 Å². The maximum atomic E-state index is 6.31. The van der Waals surface area contributed by atoms with E-state index in [1.165, 1.54) is 0 Å². The van der Waals surface area contributed by atoms with E-state index in [2.05, 4.69) is 26.2 Å². The van der Waals surface area contributed by atoms with E-state index in [1.807, 2.05) is 25.2 Å². The molecular weight excluding hydrogens is 479 g/mol. The number of benzene rings is 1. The first kappa shape index (κ1) is 24.3. The molecule has 8 heteroatoms. The molecule has 6 nitrogen and oxygen atoms in total. The summed E-state index contributed by atoms with van der Waals surface area (Å²) in [6.45, 7) is 6.77. The molecule has 154 valence electrons. The molecule has 1 aromatic carbocycles. The van der Waals surface area contributed by atoms with Gasteiger partial charge in [0.2, 0.25) is 0 Å². The lowest BCUT2D eigenvalue weighted by Crippen LogP contribution is -2.52. The first-order valence-corrected chi connectivity index (χ1v) is 9.66. The van der Waals surface area contributed by atoms with Crippen LogP contribution >= 0.6 is 35.6 Å². The topological polar surface area (TPSA) is 49.3 Å². The summed E-state index contributed by atoms with van der Waals surface area (Å²) in [5.41, 5.74) is 1.12. The van der Waals surface area contributed by atoms with E-state index in [0.29, 0.717) is 13.2 Å². The number of nitrogens with zero attached hydrogens (tertiary/aromatic N) is 3. The molecule has 0 spiro atoms. The normalized spacial score (nSPS) is 14.9. The minimum absolute atomic E-state index is 0. The number of ether oxygens (including phenoxy) is 2. The number of nitrogens with one attached hydrogen (secondary N) is 1. The summed E-state index contributed by atoms with van der Waals surface area (Å²) in [6.07, 6.45) is 2.10. The van der Waals surface area contributed by atoms with Crippen molar-refractivity contribution in [3.05, 3.63) is 29.3 Å². The Hall–Kier alpha value is -0.770. The fraction of sp³-hybridized carbons (Fsp3) is 0.632. The number of aliphatic imine (C=N–C) groups is 1. The van der Waals surface area contributed by atoms with Crippen LogP contribution in [0.5, 0.6) is 0 Å². The highest BCUT2D eigenvalue weighted by atomic mass is 127. The van der Waals surface area contributed by atoms with Crippen molar-refractivity contribution in [1.82, 2.24) is 10.2 Å². The fourth-order valence-corrected chi connectivity index (χ4v) is 3.23. The first-order valence-electron chi connectivity index (χ1n) is 9.28. The summed E-state index contributed by atoms with van der Waals surface area (Å²) >= 11 is 6.31. The van der Waals surface area contributed by atoms with Crippen LogP contribution in [0, 0.1) is 0 Å². The van der Waals surface area contributed by atoms with Gasteiger partial charge in [0.15, 0.2) is 5.96 Å². The lowest BCUT2D eigenvalue weighted by atomic mass is 10.2. The summed E-state index contributed by atoms with van der Waals surface area (Å²) in [6, 6.07) is 8.03. The molecule has 0 aliphatic carbocycles. The molecule has 2 rings (SSSR count). The van der Waals surface area contributed by atoms with E-state index in [0.717, 1.165) is 68.8 Å². The summed E-state index contributed by atoms with van der Waals surface area (Å²) in [4.78, 5) is 9.07. The number of hydrogen-bond acceptors (Lipinski definition) is 4. The molecule has 0 aromatic heterocycles. The van der Waals surface area contributed by atoms with Crippen LogP contribution < -0.4 is 10.2 Å². The van der Waals surface area contributed by atoms with Gasteiger partial charge in [0.05, 0.1) is 23.9 Å². The van der Waals surface area contributed by atoms with E-state index in [9.17, 15) is 0 Å². The Morgan fingerprint density at radius 1 is 1.11 bits per heavy atom. The number of anilines is 1. The number of rotatable bonds is 9. The van der Waals surface area contributed by atoms with Gasteiger partial charge in [-0.05, 0) is 25.0 Å². The maximum Gasteiger partial charge on any atom is 0.193 e. The van der Waals surface area contributed by atoms with Crippen LogP contribution in [0.1, 0.15) is 12.8 Å². The Labute approximate surface area is 185 Å². The zero-order chi connectivity index (χ0) is 18.6. The van der Waals surface area contributed by atoms with Crippen molar-refractivity contribution in [3.8, 4) is 0 Å². The summed E-state index contributed by atoms with van der Waals surface area (Å²) < 4.78 is 10.4. The zero-order valence-electron chi connectivity index (χ0n) is 16.3. The Morgan fingerprint density at radius 2 is 1.85 bits per heavy atom. The monoisotopic (exact) mass is 510 g/mol. The van der Waals surface area contributed by atoms with Crippen molar-refractivity contribution >= 4 is 47.2 Å². The summed E-state index contributed by atoms with van der Waals surface area (Å²) in [5, 5.41) is 4.27. The molecule has 1 aromatic rings. The van der Waals surface area contributed by atoms with Gasteiger partial charge in [-0.1, -0.05) is 23.7 Å². The van der Waals surface area contributed by atoms with Crippen LogP contribution in [0.2, 0.25) is 5.02 Å². The summed E-state index contributed by atoms with van der Waals surface area (Å²) in [5.74, 6) is 0.976. The third kappa shape index (κ3) is 8.41. The van der Waals surface area contributed by atoms with Gasteiger partial charge >= 0.3 is 0 Å². The van der Waals surface area contributed by atoms with Crippen molar-refractivity contribution < 1.29 is 9.47 Å². The van der Waals surface area contributed by atoms with Crippen molar-refractivity contribution in [3.63, 3.8) is 0 Å². The van der Waals surface area contributed by atoms with Crippen LogP contribution in [0.3, 0.4) is 0 Å². The Morgan fingerprint density at radius 3 is 2.52 bits per heavy atom. The summed E-state index contributed by atoms with van der Waals surface area (Å²) in [7, 11) is 3.53. The van der Waals surface area contributed by atoms with Crippen molar-refractivity contribution in [2.75, 3.05) is 71.6 Å². The number of piperazine rings is 1. The van der Waals surface area contributed by atoms with Gasteiger partial charge in [0.25, 0.3) is 0 Å². The average molecular weight is 511 g/mol. The highest BCUT2D eigenvalue weighted by Gasteiger charge is 2.20. The SMILES string of the molecule is CN=C(NCCCCOCCOC)N1CCN(c2ccccc2Cl)CC1.I. The Balaban J connectivity index is 0.00000364. The van der Waals surface area contributed by atoms with E-state index in [-0.39, 0.29) is 24.0 Å². The van der Waals surface area contributed by atoms with E-state index in [1.54, 1.807) is 7.11 Å². The standard InChI is InChI=1S/C19H31ClN4O2.HI/c1-21-19(22-9-5-6-14-26-16-15-25-2)24-12-10-23(11-13-24)18-8-4-3-7-17(18)20;/h3-4,7-8H,5-6,9-16H2,1-2H3,(H,21,22);1H. The number of para-hydroxylation sites is 1. The number of hydrogen-bond donors (Lipinski definition) is 1. The molecular formula is C19H32ClIN4O2. The largest absolute Gasteiger partial charge is 0.382 e. The highest BCUT2D eigenvalue weighted by Crippen LogP contribution is 2.25. The third-order valence-corrected chi connectivity index (χ3v) is 4.73. The lowest BCUT2D eigenvalue weighted by Gasteiger charge is -2.38. The molecule has 0 saturated carbocycles. The first-order chi connectivity index (χ1) is 12.8. The maximum absolute atomic E-state index is 6.31. The van der Waals surface area contributed by atoms with E-state index >= 15 is 0 Å². The van der Waals surface area contributed by atoms with Crippen molar-refractivity contribution in [2.45, 2.75) is 12.8 Å². The van der Waals surface area contributed by atoms with Crippen molar-refractivity contribution in [2.24, 2.45) is 4.99 Å². The van der Waals surface area contributed by atoms with Crippen LogP contribution in [-0.2, 0) is 9.47 Å². The van der Waals surface area contributed by atoms with Gasteiger partial charge < -0.3 is 24.6 Å². The van der Waals surface area contributed by atoms with Gasteiger partial charge in [-0.2, -0.15) is 0 Å². The van der Waals surface area contributed by atoms with Gasteiger partial charge in [0, 0.05) is 53.5 Å². The van der Waals surface area contributed by atoms with Crippen molar-refractivity contribution in [1.29, 1.82) is 0 Å². The average Bonchev–Trinajstić information content (AvgIpc) is 2.68. The molecule has 0 amide bonds. The molecule has 1 saturated heterocycles. The highest BCUT2D eigenvalue weighted by molar-refractivity contribution is 14.0. The number of halogens is 2. The molecule has 1 heterocycles. The molecule has 0 bridgehead atoms. The minimum Gasteiger partial charge on any atom is -0.382 e. The molecule has 1 N–H and O–H groups in total. The molecule has 27 heavy (non-hydrogen) atoms. The second-order valence-corrected chi connectivity index (χ2v) is 6.62. The minimum atomic E-state index is 0. The molecule has 1 aliphatic rings. The van der Waals surface area contributed by atoms with Gasteiger partial charge in [-0.15, -0.1) is 24.0 Å². The third-order valence-electron chi connectivity index (χ3n) is 4.41. The smallest absolute Gasteiger partial charge is 0.193 e. The predicted octanol–water partition coefficient (Wildman–Crippen LogP) is 3.10. The predicted molar refractivity (Wildman–Crippen MR) is 124 cm³/mol. The number of unbranched alkanes of at least 4 members (excludes halogenated alkanes) is 1. The van der Waals surface area contributed by atoms with Crippen LogP contribution in [-0.4, -0.2) is 77.6 Å². The number of methoxy groups -OCH3 is 1. The van der Waals surface area contributed by atoms with Gasteiger partial charge in [0.1, 0.15) is 0 Å². The van der Waals surface area contributed by atoms with Crippen LogP contribution in [0.15, 0.2) is 29.3 Å². The molecule has 1 fully saturated rings.